The van der Waals surface area contributed by atoms with Gasteiger partial charge in [-0.1, -0.05) is 45.1 Å². The molecule has 0 amide bonds. The van der Waals surface area contributed by atoms with Gasteiger partial charge in [-0.05, 0) is 95.1 Å². The molecule has 4 aromatic heterocycles. The van der Waals surface area contributed by atoms with E-state index in [0.29, 0.717) is 45.0 Å². The number of aromatic hydroxyl groups is 8. The first-order valence-corrected chi connectivity index (χ1v) is 28.3. The Morgan fingerprint density at radius 3 is 0.785 bits per heavy atom. The van der Waals surface area contributed by atoms with Crippen LogP contribution in [0.4, 0.5) is 0 Å². The summed E-state index contributed by atoms with van der Waals surface area (Å²) in [7, 11) is 0. The van der Waals surface area contributed by atoms with Crippen molar-refractivity contribution < 1.29 is 97.9 Å². The third kappa shape index (κ3) is 22.5. The molecule has 4 aromatic carbocycles. The molecule has 0 radical (unpaired) electrons. The number of rotatable bonds is 36. The van der Waals surface area contributed by atoms with Crippen LogP contribution in [0, 0.1) is 5.41 Å². The van der Waals surface area contributed by atoms with Crippen LogP contribution in [-0.2, 0) is 110 Å². The lowest BCUT2D eigenvalue weighted by Gasteiger charge is -2.32. The molecule has 8 N–H and O–H groups in total. The van der Waals surface area contributed by atoms with E-state index in [1.807, 2.05) is 0 Å². The molecule has 4 heterocycles. The summed E-state index contributed by atoms with van der Waals surface area (Å²) >= 11 is 0. The number of hydrogen-bond donors (Lipinski definition) is 8. The van der Waals surface area contributed by atoms with E-state index in [1.165, 1.54) is 140 Å². The predicted molar refractivity (Wildman–Crippen MR) is 320 cm³/mol. The van der Waals surface area contributed by atoms with Crippen LogP contribution in [0.5, 0.6) is 46.0 Å². The van der Waals surface area contributed by atoms with Gasteiger partial charge < -0.3 is 78.7 Å². The molecule has 0 fully saturated rings. The van der Waals surface area contributed by atoms with Crippen molar-refractivity contribution in [3.8, 4) is 46.0 Å². The average molecular weight is 1290 g/mol. The van der Waals surface area contributed by atoms with E-state index >= 15 is 0 Å². The zero-order valence-electron chi connectivity index (χ0n) is 49.5. The number of phenols is 8. The van der Waals surface area contributed by atoms with E-state index in [2.05, 4.69) is 41.2 Å². The first kappa shape index (κ1) is 67.5. The molecule has 0 unspecified atom stereocenters. The van der Waals surface area contributed by atoms with Crippen LogP contribution >= 0.6 is 0 Å². The highest BCUT2D eigenvalue weighted by Crippen LogP contribution is 2.29. The molecule has 0 bridgehead atoms. The van der Waals surface area contributed by atoms with E-state index in [4.69, 9.17) is 37.9 Å². The summed E-state index contributed by atoms with van der Waals surface area (Å²) in [6, 6.07) is 16.3. The van der Waals surface area contributed by atoms with E-state index < -0.39 is 29.3 Å². The molecule has 0 saturated carbocycles. The Labute approximate surface area is 528 Å². The summed E-state index contributed by atoms with van der Waals surface area (Å²) in [5.74, 6) is -5.22. The van der Waals surface area contributed by atoms with Crippen molar-refractivity contribution >= 4 is 48.2 Å². The molecule has 8 aromatic rings. The van der Waals surface area contributed by atoms with Gasteiger partial charge in [0.1, 0.15) is 49.2 Å². The second-order valence-corrected chi connectivity index (χ2v) is 20.4. The summed E-state index contributed by atoms with van der Waals surface area (Å²) in [5, 5.41) is 111. The third-order valence-electron chi connectivity index (χ3n) is 12.9. The number of carbonyl (C=O) groups excluding carboxylic acids is 4. The number of aromatic nitrogens is 12. The minimum absolute atomic E-state index is 0.0664. The second-order valence-electron chi connectivity index (χ2n) is 20.4. The van der Waals surface area contributed by atoms with Crippen molar-refractivity contribution in [2.24, 2.45) is 5.41 Å². The molecule has 0 aliphatic carbocycles. The minimum atomic E-state index is -1.12. The van der Waals surface area contributed by atoms with Crippen LogP contribution in [0.25, 0.3) is 24.3 Å². The largest absolute Gasteiger partial charge is 0.504 e. The third-order valence-corrected chi connectivity index (χ3v) is 12.9. The standard InChI is InChI=1S/C61H64N12O20/c74-49-9-1-41(25-53(49)78)5-13-57(82)90-21-17-70-29-45(62-66-70)33-86-37-61(38-87-34-46-30-71(67-63-46)18-22-91-58(83)14-6-42-2-10-50(75)54(79)26-42,39-88-35-47-31-72(68-64-47)19-23-92-59(84)15-7-43-3-11-51(76)55(80)27-43)40-89-36-48-32-73(69-65-48)20-24-93-60(85)16-8-44-4-12-52(77)56(81)28-44/h1-16,25-32,74-81H,17-24,33-40H2/b13-5+,14-6+,15-7+,16-8+. The fourth-order valence-electron chi connectivity index (χ4n) is 8.18. The number of ether oxygens (including phenoxy) is 8. The van der Waals surface area contributed by atoms with Crippen LogP contribution in [0.3, 0.4) is 0 Å². The molecule has 0 saturated heterocycles. The van der Waals surface area contributed by atoms with Gasteiger partial charge in [0.25, 0.3) is 0 Å². The Morgan fingerprint density at radius 1 is 0.344 bits per heavy atom. The number of benzene rings is 4. The van der Waals surface area contributed by atoms with Crippen molar-refractivity contribution in [1.29, 1.82) is 0 Å². The van der Waals surface area contributed by atoms with Crippen molar-refractivity contribution in [3.63, 3.8) is 0 Å². The minimum Gasteiger partial charge on any atom is -0.504 e. The molecule has 0 spiro atoms. The number of nitrogens with zero attached hydrogens (tertiary/aromatic N) is 12. The molecule has 488 valence electrons. The zero-order chi connectivity index (χ0) is 66.0. The van der Waals surface area contributed by atoms with Gasteiger partial charge in [-0.25, -0.2) is 37.9 Å². The molecule has 8 rings (SSSR count). The van der Waals surface area contributed by atoms with Crippen LogP contribution in [0.2, 0.25) is 0 Å². The maximum Gasteiger partial charge on any atom is 0.330 e. The maximum atomic E-state index is 12.4. The number of carbonyl (C=O) groups is 4. The molecule has 93 heavy (non-hydrogen) atoms. The van der Waals surface area contributed by atoms with Crippen LogP contribution in [0.1, 0.15) is 45.0 Å². The first-order valence-electron chi connectivity index (χ1n) is 28.3. The summed E-state index contributed by atoms with van der Waals surface area (Å²) < 4.78 is 52.3. The van der Waals surface area contributed by atoms with Gasteiger partial charge in [0.15, 0.2) is 46.0 Å². The molecule has 0 aliphatic heterocycles. The van der Waals surface area contributed by atoms with Gasteiger partial charge in [0, 0.05) is 24.3 Å². The number of esters is 4. The quantitative estimate of drug-likeness (QED) is 0.0119. The Hall–Kier alpha value is -11.5. The van der Waals surface area contributed by atoms with E-state index in [-0.39, 0.29) is 151 Å². The first-order chi connectivity index (χ1) is 44.9. The van der Waals surface area contributed by atoms with Crippen LogP contribution in [-0.4, -0.2) is 178 Å². The highest BCUT2D eigenvalue weighted by molar-refractivity contribution is 5.89. The molecule has 32 nitrogen and oxygen atoms in total. The Morgan fingerprint density at radius 2 is 0.570 bits per heavy atom. The van der Waals surface area contributed by atoms with Gasteiger partial charge in [-0.3, -0.25) is 0 Å². The van der Waals surface area contributed by atoms with Gasteiger partial charge in [-0.15, -0.1) is 20.4 Å². The zero-order valence-corrected chi connectivity index (χ0v) is 49.5. The summed E-state index contributed by atoms with van der Waals surface area (Å²) in [4.78, 5) is 49.7. The van der Waals surface area contributed by atoms with Crippen molar-refractivity contribution in [1.82, 2.24) is 60.0 Å². The lowest BCUT2D eigenvalue weighted by molar-refractivity contribution is -0.138. The van der Waals surface area contributed by atoms with Gasteiger partial charge in [0.05, 0.1) is 109 Å². The monoisotopic (exact) mass is 1280 g/mol. The summed E-state index contributed by atoms with van der Waals surface area (Å²) in [6.07, 6.45) is 16.8. The molecule has 0 atom stereocenters. The molecular formula is C61H64N12O20. The molecule has 32 heteroatoms. The second kappa shape index (κ2) is 33.9. The van der Waals surface area contributed by atoms with Crippen molar-refractivity contribution in [2.45, 2.75) is 52.6 Å². The van der Waals surface area contributed by atoms with E-state index in [9.17, 15) is 60.0 Å². The lowest BCUT2D eigenvalue weighted by atomic mass is 9.92. The topological polar surface area (TPSA) is 427 Å². The number of hydrogen-bond acceptors (Lipinski definition) is 28. The normalized spacial score (nSPS) is 11.8. The molecular weight excluding hydrogens is 1220 g/mol. The smallest absolute Gasteiger partial charge is 0.330 e. The van der Waals surface area contributed by atoms with Crippen molar-refractivity contribution in [3.05, 3.63) is 167 Å². The Bertz CT molecular complexity index is 3430. The highest BCUT2D eigenvalue weighted by atomic mass is 16.5. The fraction of sp³-hybridized carbons (Fsp3) is 0.279. The van der Waals surface area contributed by atoms with E-state index in [1.54, 1.807) is 24.8 Å². The van der Waals surface area contributed by atoms with Gasteiger partial charge in [0.2, 0.25) is 0 Å². The predicted octanol–water partition coefficient (Wildman–Crippen LogP) is 3.88. The van der Waals surface area contributed by atoms with Crippen LogP contribution in [0.15, 0.2) is 122 Å². The van der Waals surface area contributed by atoms with Gasteiger partial charge in [-0.2, -0.15) is 0 Å². The lowest BCUT2D eigenvalue weighted by Crippen LogP contribution is -2.41. The SMILES string of the molecule is O=C(/C=C/c1ccc(O)c(O)c1)OCCn1cc(COCC(COCc2cn(CCOC(=O)/C=C/c3ccc(O)c(O)c3)nn2)(COCc2cn(CCOC(=O)/C=C/c3ccc(O)c(O)c3)nn2)COCc2cn(CCOC(=O)/C=C/c3ccc(O)c(O)c3)nn2)nn1. The van der Waals surface area contributed by atoms with Gasteiger partial charge >= 0.3 is 23.9 Å². The number of phenolic OH excluding ortho intramolecular Hbond substituents is 8. The maximum absolute atomic E-state index is 12.4. The average Bonchev–Trinajstić information content (AvgIpc) is 3.53. The molecule has 0 aliphatic rings. The van der Waals surface area contributed by atoms with Crippen LogP contribution < -0.4 is 0 Å². The Kier molecular flexibility index (Phi) is 24.6. The Balaban J connectivity index is 0.907. The highest BCUT2D eigenvalue weighted by Gasteiger charge is 2.34. The van der Waals surface area contributed by atoms with E-state index in [0.717, 1.165) is 0 Å². The van der Waals surface area contributed by atoms with Crippen molar-refractivity contribution in [2.75, 3.05) is 52.9 Å². The fourth-order valence-corrected chi connectivity index (χ4v) is 8.18. The summed E-state index contributed by atoms with van der Waals surface area (Å²) in [6.45, 7) is -0.306. The summed E-state index contributed by atoms with van der Waals surface area (Å²) in [5.41, 5.74) is 2.36.